The number of carbonyl (C=O) groups is 3. The zero-order valence-electron chi connectivity index (χ0n) is 21.0. The molecule has 0 aliphatic carbocycles. The van der Waals surface area contributed by atoms with Gasteiger partial charge in [-0.05, 0) is 6.07 Å². The molecule has 3 aromatic rings. The van der Waals surface area contributed by atoms with Crippen LogP contribution in [-0.2, 0) is 32.3 Å². The highest BCUT2D eigenvalue weighted by Crippen LogP contribution is 2.40. The molecule has 40 heavy (non-hydrogen) atoms. The van der Waals surface area contributed by atoms with Crippen molar-refractivity contribution in [2.45, 2.75) is 24.5 Å². The van der Waals surface area contributed by atoms with Crippen LogP contribution in [0.1, 0.15) is 5.69 Å². The van der Waals surface area contributed by atoms with Gasteiger partial charge in [-0.3, -0.25) is 19.2 Å². The molecule has 3 aromatic heterocycles. The number of aliphatic hydroxyl groups is 1. The number of thiazole rings is 1. The first-order valence-electron chi connectivity index (χ1n) is 11.8. The average Bonchev–Trinajstić information content (AvgIpc) is 3.59. The summed E-state index contributed by atoms with van der Waals surface area (Å²) in [6.45, 7) is 0.412. The van der Waals surface area contributed by atoms with Crippen LogP contribution in [0.4, 0.5) is 5.13 Å². The number of carboxylic acid groups (broad SMARTS) is 1. The lowest BCUT2D eigenvalue weighted by atomic mass is 10.0. The smallest absolute Gasteiger partial charge is 0.276 e. The Labute approximate surface area is 235 Å². The largest absolute Gasteiger partial charge is 0.543 e. The number of aromatic nitrogens is 5. The van der Waals surface area contributed by atoms with E-state index in [9.17, 15) is 19.5 Å². The number of thioether (sulfide) groups is 1. The fourth-order valence-electron chi connectivity index (χ4n) is 4.31. The van der Waals surface area contributed by atoms with E-state index < -0.39 is 29.2 Å². The minimum Gasteiger partial charge on any atom is -0.543 e. The van der Waals surface area contributed by atoms with E-state index in [1.807, 2.05) is 6.07 Å². The Morgan fingerprint density at radius 3 is 2.95 bits per heavy atom. The molecule has 1 saturated heterocycles. The highest BCUT2D eigenvalue weighted by molar-refractivity contribution is 8.00. The maximum atomic E-state index is 13.1. The molecule has 0 spiro atoms. The maximum Gasteiger partial charge on any atom is 0.276 e. The fourth-order valence-corrected chi connectivity index (χ4v) is 6.19. The zero-order chi connectivity index (χ0) is 28.4. The number of nitrogens with one attached hydrogen (secondary N) is 1. The zero-order valence-corrected chi connectivity index (χ0v) is 22.6. The number of aliphatic carboxylic acids is 1. The number of aliphatic hydroxyl groups excluding tert-OH is 1. The second kappa shape index (κ2) is 11.4. The number of hydrogen-bond donors (Lipinski definition) is 3. The highest BCUT2D eigenvalue weighted by Gasteiger charge is 2.53. The molecule has 2 atom stereocenters. The molecule has 2 amide bonds. The number of nitrogen functional groups attached to an aromatic ring is 1. The number of nitrogens with two attached hydrogens (primary N) is 1. The van der Waals surface area contributed by atoms with Crippen LogP contribution >= 0.6 is 23.1 Å². The van der Waals surface area contributed by atoms with Gasteiger partial charge in [0.05, 0.1) is 30.4 Å². The van der Waals surface area contributed by atoms with Crippen molar-refractivity contribution in [1.82, 2.24) is 30.0 Å². The number of nitrogens with zero attached hydrogens (tertiary/aromatic N) is 7. The first kappa shape index (κ1) is 27.2. The van der Waals surface area contributed by atoms with Crippen LogP contribution in [0.3, 0.4) is 0 Å². The molecular formula is C23H23N9O6S2. The predicted octanol–water partition coefficient (Wildman–Crippen LogP) is -2.28. The third kappa shape index (κ3) is 5.25. The van der Waals surface area contributed by atoms with Gasteiger partial charge in [0.25, 0.3) is 11.8 Å². The normalized spacial score (nSPS) is 18.8. The number of anilines is 1. The Kier molecular flexibility index (Phi) is 7.76. The number of β-lactam (4-membered cyclic amide) rings is 1. The van der Waals surface area contributed by atoms with Crippen molar-refractivity contribution in [2.75, 3.05) is 25.2 Å². The van der Waals surface area contributed by atoms with Crippen LogP contribution in [0, 0.1) is 0 Å². The molecule has 5 heterocycles. The molecule has 0 radical (unpaired) electrons. The standard InChI is InChI=1S/C23H23N9O6S2/c1-38-29-15(14-10-40-23(24)26-14)19(34)27-16-20(35)32-17(22(36)37)13(9-39-21(16)32)8-30-4-2-3-12(7-30)18-25-11-31(28-18)5-6-33/h2-4,7,10-11,16,21,33H,5-6,8-9H2,1H3,(H3-,24,26,27,34,36,37)/b29-15+/t16-,21-/m1/s1. The third-order valence-corrected chi connectivity index (χ3v) is 8.06. The summed E-state index contributed by atoms with van der Waals surface area (Å²) in [5, 5.41) is 33.0. The van der Waals surface area contributed by atoms with Crippen LogP contribution in [-0.4, -0.2) is 84.1 Å². The summed E-state index contributed by atoms with van der Waals surface area (Å²) in [6.07, 6.45) is 5.03. The minimum absolute atomic E-state index is 0.0704. The Balaban J connectivity index is 1.33. The molecule has 0 unspecified atom stereocenters. The van der Waals surface area contributed by atoms with Crippen molar-refractivity contribution in [3.8, 4) is 11.4 Å². The first-order chi connectivity index (χ1) is 19.3. The Morgan fingerprint density at radius 2 is 2.25 bits per heavy atom. The van der Waals surface area contributed by atoms with E-state index in [2.05, 4.69) is 25.5 Å². The van der Waals surface area contributed by atoms with Gasteiger partial charge in [-0.15, -0.1) is 23.1 Å². The van der Waals surface area contributed by atoms with Crippen molar-refractivity contribution in [1.29, 1.82) is 0 Å². The van der Waals surface area contributed by atoms with Gasteiger partial charge in [0.1, 0.15) is 30.5 Å². The van der Waals surface area contributed by atoms with E-state index in [1.165, 1.54) is 35.3 Å². The van der Waals surface area contributed by atoms with Crippen molar-refractivity contribution in [3.05, 3.63) is 53.2 Å². The van der Waals surface area contributed by atoms with Crippen LogP contribution in [0.25, 0.3) is 11.4 Å². The third-order valence-electron chi connectivity index (χ3n) is 6.04. The fraction of sp³-hybridized carbons (Fsp3) is 0.304. The molecule has 2 aliphatic heterocycles. The molecule has 2 aliphatic rings. The van der Waals surface area contributed by atoms with Gasteiger partial charge in [0.2, 0.25) is 0 Å². The molecule has 17 heteroatoms. The monoisotopic (exact) mass is 585 g/mol. The Bertz CT molecular complexity index is 1530. The van der Waals surface area contributed by atoms with Gasteiger partial charge < -0.3 is 30.9 Å². The SMILES string of the molecule is CO/N=C(/C(=O)N[C@@H]1C(=O)N2C(C(=O)[O-])=C(C[n+]3cccc(-c4ncn(CCO)n4)c3)CS[C@H]12)c1csc(N)n1. The molecule has 1 fully saturated rings. The van der Waals surface area contributed by atoms with E-state index in [0.29, 0.717) is 23.5 Å². The second-order valence-electron chi connectivity index (χ2n) is 8.61. The topological polar surface area (TPSA) is 205 Å². The van der Waals surface area contributed by atoms with E-state index in [1.54, 1.807) is 23.0 Å². The summed E-state index contributed by atoms with van der Waals surface area (Å²) >= 11 is 2.44. The highest BCUT2D eigenvalue weighted by atomic mass is 32.2. The summed E-state index contributed by atoms with van der Waals surface area (Å²) in [5.41, 5.74) is 6.62. The maximum absolute atomic E-state index is 13.1. The molecule has 15 nitrogen and oxygen atoms in total. The summed E-state index contributed by atoms with van der Waals surface area (Å²) < 4.78 is 3.28. The summed E-state index contributed by atoms with van der Waals surface area (Å²) in [7, 11) is 1.27. The molecule has 4 N–H and O–H groups in total. The predicted molar refractivity (Wildman–Crippen MR) is 140 cm³/mol. The van der Waals surface area contributed by atoms with Crippen molar-refractivity contribution in [2.24, 2.45) is 5.16 Å². The number of pyridine rings is 1. The van der Waals surface area contributed by atoms with Crippen LogP contribution in [0.5, 0.6) is 0 Å². The molecular weight excluding hydrogens is 562 g/mol. The van der Waals surface area contributed by atoms with Gasteiger partial charge >= 0.3 is 0 Å². The number of amides is 2. The lowest BCUT2D eigenvalue weighted by Gasteiger charge is -2.50. The van der Waals surface area contributed by atoms with Gasteiger partial charge in [-0.2, -0.15) is 5.10 Å². The van der Waals surface area contributed by atoms with Gasteiger partial charge in [-0.1, -0.05) is 5.16 Å². The summed E-state index contributed by atoms with van der Waals surface area (Å²) in [4.78, 5) is 52.4. The minimum atomic E-state index is -1.49. The summed E-state index contributed by atoms with van der Waals surface area (Å²) in [5.74, 6) is -2.05. The number of rotatable bonds is 10. The van der Waals surface area contributed by atoms with Crippen LogP contribution in [0.15, 0.2) is 52.7 Å². The Morgan fingerprint density at radius 1 is 1.43 bits per heavy atom. The van der Waals surface area contributed by atoms with Gasteiger partial charge in [0, 0.05) is 22.8 Å². The van der Waals surface area contributed by atoms with E-state index in [-0.39, 0.29) is 41.1 Å². The lowest BCUT2D eigenvalue weighted by Crippen LogP contribution is -2.71. The van der Waals surface area contributed by atoms with Crippen molar-refractivity contribution < 1.29 is 34.0 Å². The first-order valence-corrected chi connectivity index (χ1v) is 13.7. The van der Waals surface area contributed by atoms with Crippen molar-refractivity contribution in [3.63, 3.8) is 0 Å². The van der Waals surface area contributed by atoms with Gasteiger partial charge in [0.15, 0.2) is 35.6 Å². The number of hydrogen-bond acceptors (Lipinski definition) is 13. The van der Waals surface area contributed by atoms with Crippen LogP contribution < -0.4 is 20.7 Å². The molecule has 0 aromatic carbocycles. The molecule has 0 saturated carbocycles. The van der Waals surface area contributed by atoms with E-state index >= 15 is 0 Å². The molecule has 0 bridgehead atoms. The van der Waals surface area contributed by atoms with E-state index in [4.69, 9.17) is 15.7 Å². The van der Waals surface area contributed by atoms with Gasteiger partial charge in [-0.25, -0.2) is 14.5 Å². The van der Waals surface area contributed by atoms with Crippen LogP contribution in [0.2, 0.25) is 0 Å². The molecule has 5 rings (SSSR count). The number of fused-ring (bicyclic) bond motifs is 1. The quantitative estimate of drug-likeness (QED) is 0.1000. The number of oxime groups is 1. The summed E-state index contributed by atoms with van der Waals surface area (Å²) in [6, 6.07) is 2.60. The second-order valence-corrected chi connectivity index (χ2v) is 10.6. The Hall–Kier alpha value is -4.35. The average molecular weight is 586 g/mol. The lowest BCUT2D eigenvalue weighted by molar-refractivity contribution is -0.688. The van der Waals surface area contributed by atoms with E-state index in [0.717, 1.165) is 16.2 Å². The molecule has 208 valence electrons. The number of carboxylic acids is 1. The van der Waals surface area contributed by atoms with Crippen molar-refractivity contribution >= 4 is 51.7 Å². The number of carbonyl (C=O) groups excluding carboxylic acids is 3.